The summed E-state index contributed by atoms with van der Waals surface area (Å²) in [6, 6.07) is 8.99. The first-order valence-electron chi connectivity index (χ1n) is 8.38. The number of hydrazone groups is 1. The van der Waals surface area contributed by atoms with Crippen LogP contribution in [0.15, 0.2) is 29.4 Å². The quantitative estimate of drug-likeness (QED) is 0.583. The number of carbonyl (C=O) groups excluding carboxylic acids is 2. The van der Waals surface area contributed by atoms with Crippen molar-refractivity contribution in [2.24, 2.45) is 5.10 Å². The van der Waals surface area contributed by atoms with Crippen LogP contribution in [0.3, 0.4) is 0 Å². The minimum absolute atomic E-state index is 0.00580. The zero-order chi connectivity index (χ0) is 17.9. The molecule has 1 aliphatic rings. The van der Waals surface area contributed by atoms with Crippen molar-refractivity contribution in [2.75, 3.05) is 6.61 Å². The van der Waals surface area contributed by atoms with Crippen LogP contribution >= 0.6 is 0 Å². The van der Waals surface area contributed by atoms with E-state index in [1.807, 2.05) is 0 Å². The molecule has 0 spiro atoms. The van der Waals surface area contributed by atoms with Gasteiger partial charge in [-0.05, 0) is 42.7 Å². The van der Waals surface area contributed by atoms with Gasteiger partial charge in [0.25, 0.3) is 11.8 Å². The van der Waals surface area contributed by atoms with Gasteiger partial charge in [0, 0.05) is 6.04 Å². The van der Waals surface area contributed by atoms with E-state index >= 15 is 0 Å². The highest BCUT2D eigenvalue weighted by Crippen LogP contribution is 2.17. The minimum Gasteiger partial charge on any atom is -0.484 e. The fourth-order valence-corrected chi connectivity index (χ4v) is 2.61. The van der Waals surface area contributed by atoms with Crippen LogP contribution in [0.4, 0.5) is 0 Å². The zero-order valence-electron chi connectivity index (χ0n) is 14.0. The number of nitrogens with zero attached hydrogens (tertiary/aromatic N) is 2. The largest absolute Gasteiger partial charge is 0.484 e. The molecule has 0 unspecified atom stereocenters. The number of nitrogens with one attached hydrogen (secondary N) is 2. The molecule has 2 N–H and O–H groups in total. The van der Waals surface area contributed by atoms with Crippen LogP contribution in [-0.2, 0) is 9.59 Å². The van der Waals surface area contributed by atoms with E-state index in [1.54, 1.807) is 30.3 Å². The average Bonchev–Trinajstić information content (AvgIpc) is 2.62. The van der Waals surface area contributed by atoms with E-state index in [0.29, 0.717) is 5.75 Å². The molecule has 2 rings (SSSR count). The maximum Gasteiger partial charge on any atom is 0.258 e. The Morgan fingerprint density at radius 1 is 1.20 bits per heavy atom. The number of carbonyl (C=O) groups is 2. The van der Waals surface area contributed by atoms with Crippen LogP contribution < -0.4 is 15.5 Å². The van der Waals surface area contributed by atoms with Gasteiger partial charge in [0.05, 0.1) is 12.3 Å². The van der Waals surface area contributed by atoms with Gasteiger partial charge >= 0.3 is 0 Å². The summed E-state index contributed by atoms with van der Waals surface area (Å²) in [5, 5.41) is 15.1. The normalized spacial score (nSPS) is 14.7. The summed E-state index contributed by atoms with van der Waals surface area (Å²) in [5.41, 5.74) is 3.01. The third-order valence-corrected chi connectivity index (χ3v) is 3.86. The Kier molecular flexibility index (Phi) is 7.44. The summed E-state index contributed by atoms with van der Waals surface area (Å²) >= 11 is 0. The molecule has 1 aromatic carbocycles. The van der Waals surface area contributed by atoms with Crippen LogP contribution in [0.1, 0.15) is 44.1 Å². The second-order valence-electron chi connectivity index (χ2n) is 5.89. The molecule has 0 aromatic heterocycles. The van der Waals surface area contributed by atoms with Crippen LogP contribution in [0.5, 0.6) is 5.75 Å². The number of nitriles is 1. The van der Waals surface area contributed by atoms with E-state index in [0.717, 1.165) is 18.4 Å². The minimum atomic E-state index is -0.456. The number of benzene rings is 1. The number of amides is 2. The molecule has 7 heteroatoms. The first kappa shape index (κ1) is 18.5. The average molecular weight is 342 g/mol. The molecule has 7 nitrogen and oxygen atoms in total. The Hall–Kier alpha value is -2.88. The van der Waals surface area contributed by atoms with Gasteiger partial charge in [0.15, 0.2) is 6.61 Å². The van der Waals surface area contributed by atoms with Crippen molar-refractivity contribution in [3.05, 3.63) is 29.8 Å². The molecule has 2 amide bonds. The van der Waals surface area contributed by atoms with E-state index in [2.05, 4.69) is 15.8 Å². The molecule has 132 valence electrons. The fourth-order valence-electron chi connectivity index (χ4n) is 2.61. The number of hydrogen-bond acceptors (Lipinski definition) is 5. The Balaban J connectivity index is 1.72. The van der Waals surface area contributed by atoms with Gasteiger partial charge in [-0.1, -0.05) is 19.3 Å². The van der Waals surface area contributed by atoms with E-state index in [9.17, 15) is 9.59 Å². The molecule has 1 saturated carbocycles. The number of hydrogen-bond donors (Lipinski definition) is 2. The standard InChI is InChI=1S/C18H22N4O3/c19-11-10-17(23)22-20-12-14-6-8-16(9-7-14)25-13-18(24)21-15-4-2-1-3-5-15/h6-9,12,15H,1-5,10,13H2,(H,21,24)(H,22,23). The van der Waals surface area contributed by atoms with E-state index in [4.69, 9.17) is 10.00 Å². The second-order valence-corrected chi connectivity index (χ2v) is 5.89. The lowest BCUT2D eigenvalue weighted by Gasteiger charge is -2.22. The summed E-state index contributed by atoms with van der Waals surface area (Å²) in [6.45, 7) is -0.00580. The molecule has 0 atom stereocenters. The van der Waals surface area contributed by atoms with Crippen molar-refractivity contribution in [1.29, 1.82) is 5.26 Å². The van der Waals surface area contributed by atoms with Crippen LogP contribution in [0.2, 0.25) is 0 Å². The molecule has 0 radical (unpaired) electrons. The second kappa shape index (κ2) is 10.1. The predicted molar refractivity (Wildman–Crippen MR) is 92.9 cm³/mol. The Morgan fingerprint density at radius 3 is 2.60 bits per heavy atom. The third-order valence-electron chi connectivity index (χ3n) is 3.86. The number of rotatable bonds is 7. The van der Waals surface area contributed by atoms with Crippen molar-refractivity contribution in [3.8, 4) is 11.8 Å². The zero-order valence-corrected chi connectivity index (χ0v) is 14.0. The Labute approximate surface area is 147 Å². The molecule has 25 heavy (non-hydrogen) atoms. The van der Waals surface area contributed by atoms with Gasteiger partial charge in [0.2, 0.25) is 0 Å². The summed E-state index contributed by atoms with van der Waals surface area (Å²) in [5.74, 6) is 0.0323. The van der Waals surface area contributed by atoms with Crippen molar-refractivity contribution in [3.63, 3.8) is 0 Å². The molecule has 0 bridgehead atoms. The van der Waals surface area contributed by atoms with Crippen LogP contribution in [-0.4, -0.2) is 30.7 Å². The molecule has 0 aliphatic heterocycles. The Bertz CT molecular complexity index is 643. The lowest BCUT2D eigenvalue weighted by atomic mass is 9.95. The van der Waals surface area contributed by atoms with Crippen molar-refractivity contribution >= 4 is 18.0 Å². The number of ether oxygens (including phenoxy) is 1. The Morgan fingerprint density at radius 2 is 1.92 bits per heavy atom. The topological polar surface area (TPSA) is 104 Å². The van der Waals surface area contributed by atoms with Crippen LogP contribution in [0, 0.1) is 11.3 Å². The monoisotopic (exact) mass is 342 g/mol. The molecule has 1 fully saturated rings. The SMILES string of the molecule is N#CCC(=O)NN=Cc1ccc(OCC(=O)NC2CCCCC2)cc1. The van der Waals surface area contributed by atoms with Gasteiger partial charge in [-0.15, -0.1) is 0 Å². The maximum atomic E-state index is 11.9. The fraction of sp³-hybridized carbons (Fsp3) is 0.444. The van der Waals surface area contributed by atoms with Gasteiger partial charge in [-0.2, -0.15) is 10.4 Å². The highest BCUT2D eigenvalue weighted by atomic mass is 16.5. The van der Waals surface area contributed by atoms with Gasteiger partial charge in [-0.25, -0.2) is 5.43 Å². The van der Waals surface area contributed by atoms with Gasteiger partial charge < -0.3 is 10.1 Å². The lowest BCUT2D eigenvalue weighted by Crippen LogP contribution is -2.38. The summed E-state index contributed by atoms with van der Waals surface area (Å²) in [7, 11) is 0. The first-order chi connectivity index (χ1) is 12.2. The van der Waals surface area contributed by atoms with Crippen molar-refractivity contribution in [1.82, 2.24) is 10.7 Å². The summed E-state index contributed by atoms with van der Waals surface area (Å²) in [4.78, 5) is 23.0. The maximum absolute atomic E-state index is 11.9. The molecule has 0 heterocycles. The molecular formula is C18H22N4O3. The molecular weight excluding hydrogens is 320 g/mol. The predicted octanol–water partition coefficient (Wildman–Crippen LogP) is 1.88. The molecule has 1 aromatic rings. The summed E-state index contributed by atoms with van der Waals surface area (Å²) in [6.07, 6.45) is 6.93. The van der Waals surface area contributed by atoms with Gasteiger partial charge in [-0.3, -0.25) is 9.59 Å². The van der Waals surface area contributed by atoms with E-state index in [-0.39, 0.29) is 25.0 Å². The summed E-state index contributed by atoms with van der Waals surface area (Å²) < 4.78 is 5.48. The smallest absolute Gasteiger partial charge is 0.258 e. The van der Waals surface area contributed by atoms with Gasteiger partial charge in [0.1, 0.15) is 12.2 Å². The van der Waals surface area contributed by atoms with Crippen molar-refractivity contribution < 1.29 is 14.3 Å². The van der Waals surface area contributed by atoms with Crippen LogP contribution in [0.25, 0.3) is 0 Å². The molecule has 1 aliphatic carbocycles. The highest BCUT2D eigenvalue weighted by Gasteiger charge is 2.15. The van der Waals surface area contributed by atoms with E-state index in [1.165, 1.54) is 25.5 Å². The third kappa shape index (κ3) is 7.04. The first-order valence-corrected chi connectivity index (χ1v) is 8.38. The highest BCUT2D eigenvalue weighted by molar-refractivity contribution is 5.83. The van der Waals surface area contributed by atoms with Crippen molar-refractivity contribution in [2.45, 2.75) is 44.6 Å². The van der Waals surface area contributed by atoms with E-state index < -0.39 is 5.91 Å². The molecule has 0 saturated heterocycles. The lowest BCUT2D eigenvalue weighted by molar-refractivity contribution is -0.124.